The highest BCUT2D eigenvalue weighted by molar-refractivity contribution is 7.89. The van der Waals surface area contributed by atoms with Crippen LogP contribution in [0.25, 0.3) is 5.65 Å². The minimum Gasteiger partial charge on any atom is -0.366 e. The number of fused-ring (bicyclic) bond motifs is 1. The second kappa shape index (κ2) is 11.0. The number of nitrogens with one attached hydrogen (secondary N) is 3. The molecule has 12 nitrogen and oxygen atoms in total. The zero-order valence-corrected chi connectivity index (χ0v) is 22.5. The fourth-order valence-corrected chi connectivity index (χ4v) is 5.37. The third-order valence-electron chi connectivity index (χ3n) is 6.67. The van der Waals surface area contributed by atoms with Crippen molar-refractivity contribution in [3.05, 3.63) is 66.7 Å². The van der Waals surface area contributed by atoms with Gasteiger partial charge in [-0.15, -0.1) is 5.10 Å². The molecule has 5 N–H and O–H groups in total. The molecule has 1 aliphatic carbocycles. The second-order valence-electron chi connectivity index (χ2n) is 9.70. The molecular formula is C26H31N9O3S. The number of pyridine rings is 1. The summed E-state index contributed by atoms with van der Waals surface area (Å²) in [7, 11) is -0.567. The Morgan fingerprint density at radius 3 is 2.38 bits per heavy atom. The third kappa shape index (κ3) is 5.85. The Kier molecular flexibility index (Phi) is 7.46. The maximum atomic E-state index is 13.1. The van der Waals surface area contributed by atoms with Crippen LogP contribution in [0.15, 0.2) is 66.0 Å². The van der Waals surface area contributed by atoms with Crippen LogP contribution in [0.1, 0.15) is 36.2 Å². The smallest absolute Gasteiger partial charge is 0.276 e. The maximum absolute atomic E-state index is 13.1. The van der Waals surface area contributed by atoms with E-state index in [1.165, 1.54) is 29.1 Å². The van der Waals surface area contributed by atoms with Crippen molar-refractivity contribution in [1.29, 1.82) is 0 Å². The Bertz CT molecular complexity index is 1560. The van der Waals surface area contributed by atoms with Gasteiger partial charge in [0.05, 0.1) is 16.8 Å². The number of hydrogen-bond acceptors (Lipinski definition) is 9. The third-order valence-corrected chi connectivity index (χ3v) is 8.50. The SMILES string of the molecule is CN(C)S(=O)(=O)c1ccc(Nc2cc(NC3CCC(N)CC3)nn3c(C(=O)Nc4ccncc4)cnc23)cc1. The quantitative estimate of drug-likeness (QED) is 0.259. The lowest BCUT2D eigenvalue weighted by Crippen LogP contribution is -2.33. The Labute approximate surface area is 226 Å². The summed E-state index contributed by atoms with van der Waals surface area (Å²) >= 11 is 0. The summed E-state index contributed by atoms with van der Waals surface area (Å²) < 4.78 is 27.6. The average Bonchev–Trinajstić information content (AvgIpc) is 3.35. The van der Waals surface area contributed by atoms with Crippen molar-refractivity contribution >= 4 is 44.5 Å². The minimum atomic E-state index is -3.55. The number of sulfonamides is 1. The Hall–Kier alpha value is -4.07. The van der Waals surface area contributed by atoms with Crippen LogP contribution < -0.4 is 21.7 Å². The first kappa shape index (κ1) is 26.5. The van der Waals surface area contributed by atoms with Crippen molar-refractivity contribution in [1.82, 2.24) is 23.9 Å². The van der Waals surface area contributed by atoms with Gasteiger partial charge >= 0.3 is 0 Å². The van der Waals surface area contributed by atoms with Crippen molar-refractivity contribution in [2.75, 3.05) is 30.0 Å². The van der Waals surface area contributed by atoms with Crippen molar-refractivity contribution in [2.24, 2.45) is 5.73 Å². The van der Waals surface area contributed by atoms with Gasteiger partial charge < -0.3 is 21.7 Å². The van der Waals surface area contributed by atoms with E-state index >= 15 is 0 Å². The van der Waals surface area contributed by atoms with Gasteiger partial charge in [0.15, 0.2) is 11.3 Å². The number of nitrogens with two attached hydrogens (primary N) is 1. The molecule has 1 amide bonds. The molecule has 0 radical (unpaired) electrons. The van der Waals surface area contributed by atoms with Crippen LogP contribution in [0.4, 0.5) is 22.9 Å². The van der Waals surface area contributed by atoms with Crippen LogP contribution in [0.2, 0.25) is 0 Å². The summed E-state index contributed by atoms with van der Waals surface area (Å²) in [4.78, 5) is 21.8. The molecule has 0 bridgehead atoms. The molecule has 1 aliphatic rings. The summed E-state index contributed by atoms with van der Waals surface area (Å²) in [6, 6.07) is 12.1. The monoisotopic (exact) mass is 549 g/mol. The number of amides is 1. The Morgan fingerprint density at radius 2 is 1.72 bits per heavy atom. The van der Waals surface area contributed by atoms with E-state index in [4.69, 9.17) is 10.8 Å². The van der Waals surface area contributed by atoms with Gasteiger partial charge in [0.1, 0.15) is 5.82 Å². The van der Waals surface area contributed by atoms with Crippen LogP contribution in [0.5, 0.6) is 0 Å². The number of carbonyl (C=O) groups is 1. The van der Waals surface area contributed by atoms with Crippen LogP contribution in [0.3, 0.4) is 0 Å². The molecule has 0 unspecified atom stereocenters. The first-order valence-corrected chi connectivity index (χ1v) is 14.1. The highest BCUT2D eigenvalue weighted by Crippen LogP contribution is 2.28. The number of imidazole rings is 1. The van der Waals surface area contributed by atoms with Crippen molar-refractivity contribution in [3.8, 4) is 0 Å². The Balaban J connectivity index is 1.48. The summed E-state index contributed by atoms with van der Waals surface area (Å²) in [6.07, 6.45) is 8.36. The lowest BCUT2D eigenvalue weighted by Gasteiger charge is -2.27. The van der Waals surface area contributed by atoms with Gasteiger partial charge in [-0.05, 0) is 62.1 Å². The summed E-state index contributed by atoms with van der Waals surface area (Å²) in [6.45, 7) is 0. The van der Waals surface area contributed by atoms with Gasteiger partial charge in [-0.3, -0.25) is 9.78 Å². The predicted molar refractivity (Wildman–Crippen MR) is 150 cm³/mol. The highest BCUT2D eigenvalue weighted by atomic mass is 32.2. The molecule has 3 aromatic heterocycles. The molecule has 0 aliphatic heterocycles. The fraction of sp³-hybridized carbons (Fsp3) is 0.308. The van der Waals surface area contributed by atoms with Gasteiger partial charge in [-0.1, -0.05) is 0 Å². The standard InChI is InChI=1S/C26H31N9O3S/c1-34(2)39(37,38)21-9-7-18(8-10-21)30-22-15-24(31-19-5-3-17(27)4-6-19)33-35-23(16-29-25(22)35)26(36)32-20-11-13-28-14-12-20/h7-17,19,30H,3-6,27H2,1-2H3,(H,31,33)(H,28,32,36). The molecule has 0 saturated heterocycles. The maximum Gasteiger partial charge on any atom is 0.276 e. The first-order valence-electron chi connectivity index (χ1n) is 12.6. The minimum absolute atomic E-state index is 0.187. The molecule has 0 atom stereocenters. The molecule has 1 aromatic carbocycles. The van der Waals surface area contributed by atoms with E-state index in [1.807, 2.05) is 6.07 Å². The molecule has 1 fully saturated rings. The normalized spacial score (nSPS) is 17.7. The summed E-state index contributed by atoms with van der Waals surface area (Å²) in [5.74, 6) is 0.208. The van der Waals surface area contributed by atoms with Gasteiger partial charge in [-0.25, -0.2) is 22.2 Å². The van der Waals surface area contributed by atoms with Crippen LogP contribution >= 0.6 is 0 Å². The largest absolute Gasteiger partial charge is 0.366 e. The van der Waals surface area contributed by atoms with E-state index in [2.05, 4.69) is 25.9 Å². The molecule has 5 rings (SSSR count). The average molecular weight is 550 g/mol. The van der Waals surface area contributed by atoms with Crippen molar-refractivity contribution in [3.63, 3.8) is 0 Å². The lowest BCUT2D eigenvalue weighted by atomic mass is 9.92. The predicted octanol–water partition coefficient (Wildman–Crippen LogP) is 3.05. The number of rotatable bonds is 8. The summed E-state index contributed by atoms with van der Waals surface area (Å²) in [5, 5.41) is 14.3. The lowest BCUT2D eigenvalue weighted by molar-refractivity contribution is 0.102. The van der Waals surface area contributed by atoms with Crippen LogP contribution in [-0.4, -0.2) is 64.4 Å². The van der Waals surface area contributed by atoms with Gasteiger partial charge in [0.25, 0.3) is 5.91 Å². The van der Waals surface area contributed by atoms with Gasteiger partial charge in [0, 0.05) is 56.0 Å². The molecule has 13 heteroatoms. The van der Waals surface area contributed by atoms with Gasteiger partial charge in [0.2, 0.25) is 10.0 Å². The molecule has 4 aromatic rings. The summed E-state index contributed by atoms with van der Waals surface area (Å²) in [5.41, 5.74) is 8.63. The topological polar surface area (TPSA) is 160 Å². The second-order valence-corrected chi connectivity index (χ2v) is 11.9. The molecule has 39 heavy (non-hydrogen) atoms. The van der Waals surface area contributed by atoms with Crippen LogP contribution in [-0.2, 0) is 10.0 Å². The number of anilines is 4. The van der Waals surface area contributed by atoms with E-state index in [1.54, 1.807) is 48.8 Å². The van der Waals surface area contributed by atoms with Crippen LogP contribution in [0, 0.1) is 0 Å². The highest BCUT2D eigenvalue weighted by Gasteiger charge is 2.22. The zero-order chi connectivity index (χ0) is 27.6. The number of nitrogens with zero attached hydrogens (tertiary/aromatic N) is 5. The fourth-order valence-electron chi connectivity index (χ4n) is 4.47. The molecule has 0 spiro atoms. The molecule has 204 valence electrons. The number of hydrogen-bond donors (Lipinski definition) is 4. The molecule has 1 saturated carbocycles. The Morgan fingerprint density at radius 1 is 1.03 bits per heavy atom. The first-order chi connectivity index (χ1) is 18.7. The number of benzene rings is 1. The van der Waals surface area contributed by atoms with Gasteiger partial charge in [-0.2, -0.15) is 0 Å². The van der Waals surface area contributed by atoms with Crippen molar-refractivity contribution in [2.45, 2.75) is 42.7 Å². The number of aromatic nitrogens is 4. The molecule has 3 heterocycles. The molecular weight excluding hydrogens is 518 g/mol. The van der Waals surface area contributed by atoms with E-state index in [0.29, 0.717) is 28.5 Å². The van der Waals surface area contributed by atoms with E-state index in [9.17, 15) is 13.2 Å². The van der Waals surface area contributed by atoms with Crippen molar-refractivity contribution < 1.29 is 13.2 Å². The van der Waals surface area contributed by atoms with E-state index < -0.39 is 10.0 Å². The van der Waals surface area contributed by atoms with E-state index in [0.717, 1.165) is 25.7 Å². The number of carbonyl (C=O) groups excluding carboxylic acids is 1. The zero-order valence-electron chi connectivity index (χ0n) is 21.7. The van der Waals surface area contributed by atoms with E-state index in [-0.39, 0.29) is 28.6 Å².